The Morgan fingerprint density at radius 1 is 1.33 bits per heavy atom. The molecule has 2 N–H and O–H groups in total. The number of hydrogen-bond donors (Lipinski definition) is 2. The van der Waals surface area contributed by atoms with Crippen LogP contribution in [0.3, 0.4) is 0 Å². The molecule has 0 atom stereocenters. The van der Waals surface area contributed by atoms with Crippen LogP contribution < -0.4 is 10.1 Å². The van der Waals surface area contributed by atoms with Gasteiger partial charge in [0.2, 0.25) is 0 Å². The Morgan fingerprint density at radius 3 is 2.62 bits per heavy atom. The predicted molar refractivity (Wildman–Crippen MR) is 78.6 cm³/mol. The molecular weight excluding hydrogens is 297 g/mol. The lowest BCUT2D eigenvalue weighted by Crippen LogP contribution is -2.13. The maximum atomic E-state index is 13.6. The highest BCUT2D eigenvalue weighted by Crippen LogP contribution is 2.29. The Hall–Kier alpha value is -2.27. The number of ether oxygens (including phenoxy) is 1. The van der Waals surface area contributed by atoms with Crippen LogP contribution in [0.2, 0.25) is 5.02 Å². The van der Waals surface area contributed by atoms with E-state index in [2.05, 4.69) is 5.32 Å². The number of carbonyl (C=O) groups is 1. The summed E-state index contributed by atoms with van der Waals surface area (Å²) in [6.07, 6.45) is 0. The Morgan fingerprint density at radius 2 is 2.00 bits per heavy atom. The van der Waals surface area contributed by atoms with Crippen LogP contribution in [-0.4, -0.2) is 17.6 Å². The van der Waals surface area contributed by atoms with Crippen molar-refractivity contribution in [1.29, 1.82) is 0 Å². The van der Waals surface area contributed by atoms with Gasteiger partial charge in [-0.15, -0.1) is 0 Å². The van der Waals surface area contributed by atoms with Crippen LogP contribution in [0.25, 0.3) is 0 Å². The van der Waals surface area contributed by atoms with Gasteiger partial charge in [-0.2, -0.15) is 0 Å². The molecule has 0 saturated carbocycles. The second kappa shape index (κ2) is 6.45. The molecule has 0 unspecified atom stereocenters. The monoisotopic (exact) mass is 309 g/mol. The number of phenols is 1. The molecule has 0 aliphatic rings. The first-order chi connectivity index (χ1) is 10.0. The molecule has 0 aliphatic heterocycles. The van der Waals surface area contributed by atoms with E-state index in [-0.39, 0.29) is 16.5 Å². The second-order valence-corrected chi connectivity index (χ2v) is 4.60. The van der Waals surface area contributed by atoms with E-state index in [1.807, 2.05) is 6.92 Å². The van der Waals surface area contributed by atoms with Gasteiger partial charge in [0.15, 0.2) is 5.82 Å². The van der Waals surface area contributed by atoms with Crippen LogP contribution in [0.4, 0.5) is 10.1 Å². The molecule has 4 nitrogen and oxygen atoms in total. The second-order valence-electron chi connectivity index (χ2n) is 4.19. The van der Waals surface area contributed by atoms with Gasteiger partial charge in [-0.05, 0) is 37.3 Å². The van der Waals surface area contributed by atoms with Gasteiger partial charge in [0.25, 0.3) is 5.91 Å². The molecule has 0 heterocycles. The summed E-state index contributed by atoms with van der Waals surface area (Å²) in [7, 11) is 0. The van der Waals surface area contributed by atoms with Gasteiger partial charge in [-0.25, -0.2) is 4.39 Å². The molecule has 2 aromatic rings. The van der Waals surface area contributed by atoms with Gasteiger partial charge in [0.05, 0.1) is 17.3 Å². The molecule has 6 heteroatoms. The Labute approximate surface area is 126 Å². The zero-order valence-corrected chi connectivity index (χ0v) is 11.9. The Bertz CT molecular complexity index is 659. The molecule has 0 aliphatic carbocycles. The van der Waals surface area contributed by atoms with E-state index in [1.165, 1.54) is 0 Å². The van der Waals surface area contributed by atoms with Gasteiger partial charge in [-0.3, -0.25) is 4.79 Å². The van der Waals surface area contributed by atoms with Crippen molar-refractivity contribution >= 4 is 23.2 Å². The quantitative estimate of drug-likeness (QED) is 0.844. The first kappa shape index (κ1) is 15.1. The lowest BCUT2D eigenvalue weighted by Gasteiger charge is -2.09. The predicted octanol–water partition coefficient (Wildman–Crippen LogP) is 3.84. The summed E-state index contributed by atoms with van der Waals surface area (Å²) in [5.74, 6) is -0.990. The minimum Gasteiger partial charge on any atom is -0.506 e. The van der Waals surface area contributed by atoms with Crippen LogP contribution in [-0.2, 0) is 0 Å². The topological polar surface area (TPSA) is 58.6 Å². The summed E-state index contributed by atoms with van der Waals surface area (Å²) >= 11 is 5.69. The largest absolute Gasteiger partial charge is 0.506 e. The minimum atomic E-state index is -0.767. The zero-order chi connectivity index (χ0) is 15.4. The van der Waals surface area contributed by atoms with Gasteiger partial charge in [0.1, 0.15) is 11.5 Å². The van der Waals surface area contributed by atoms with Crippen LogP contribution in [0, 0.1) is 5.82 Å². The normalized spacial score (nSPS) is 10.2. The van der Waals surface area contributed by atoms with E-state index in [0.717, 1.165) is 12.1 Å². The van der Waals surface area contributed by atoms with E-state index >= 15 is 0 Å². The highest BCUT2D eigenvalue weighted by atomic mass is 35.5. The van der Waals surface area contributed by atoms with Crippen molar-refractivity contribution < 1.29 is 19.0 Å². The number of nitrogens with one attached hydrogen (secondary N) is 1. The van der Waals surface area contributed by atoms with Crippen molar-refractivity contribution in [3.8, 4) is 11.5 Å². The lowest BCUT2D eigenvalue weighted by atomic mass is 10.2. The summed E-state index contributed by atoms with van der Waals surface area (Å²) in [5, 5.41) is 11.6. The molecule has 110 valence electrons. The van der Waals surface area contributed by atoms with Crippen molar-refractivity contribution in [2.75, 3.05) is 11.9 Å². The lowest BCUT2D eigenvalue weighted by molar-refractivity contribution is 0.102. The van der Waals surface area contributed by atoms with Gasteiger partial charge < -0.3 is 15.2 Å². The number of hydrogen-bond acceptors (Lipinski definition) is 3. The number of phenolic OH excluding ortho intramolecular Hbond substituents is 1. The number of benzene rings is 2. The first-order valence-corrected chi connectivity index (χ1v) is 6.61. The minimum absolute atomic E-state index is 0.0432. The van der Waals surface area contributed by atoms with Crippen molar-refractivity contribution in [2.24, 2.45) is 0 Å². The van der Waals surface area contributed by atoms with Crippen LogP contribution in [0.5, 0.6) is 11.5 Å². The fourth-order valence-electron chi connectivity index (χ4n) is 1.70. The smallest absolute Gasteiger partial charge is 0.255 e. The van der Waals surface area contributed by atoms with Gasteiger partial charge >= 0.3 is 0 Å². The molecule has 0 fully saturated rings. The third kappa shape index (κ3) is 3.64. The molecule has 2 aromatic carbocycles. The van der Waals surface area contributed by atoms with E-state index in [4.69, 9.17) is 16.3 Å². The third-order valence-corrected chi connectivity index (χ3v) is 3.01. The van der Waals surface area contributed by atoms with E-state index < -0.39 is 11.7 Å². The SMILES string of the molecule is CCOc1ccc(C(=O)Nc2cc(Cl)c(O)cc2F)cc1. The number of halogens is 2. The number of carbonyl (C=O) groups excluding carboxylic acids is 1. The molecule has 21 heavy (non-hydrogen) atoms. The van der Waals surface area contributed by atoms with E-state index in [0.29, 0.717) is 17.9 Å². The number of anilines is 1. The number of amides is 1. The van der Waals surface area contributed by atoms with Gasteiger partial charge in [-0.1, -0.05) is 11.6 Å². The molecule has 0 aromatic heterocycles. The summed E-state index contributed by atoms with van der Waals surface area (Å²) in [6.45, 7) is 2.39. The molecule has 2 rings (SSSR count). The van der Waals surface area contributed by atoms with E-state index in [1.54, 1.807) is 24.3 Å². The summed E-state index contributed by atoms with van der Waals surface area (Å²) in [6, 6.07) is 8.44. The molecule has 0 spiro atoms. The highest BCUT2D eigenvalue weighted by molar-refractivity contribution is 6.32. The van der Waals surface area contributed by atoms with Crippen molar-refractivity contribution in [1.82, 2.24) is 0 Å². The van der Waals surface area contributed by atoms with Crippen molar-refractivity contribution in [3.05, 3.63) is 52.8 Å². The summed E-state index contributed by atoms with van der Waals surface area (Å²) in [4.78, 5) is 12.0. The molecule has 0 bridgehead atoms. The van der Waals surface area contributed by atoms with E-state index in [9.17, 15) is 14.3 Å². The number of rotatable bonds is 4. The fourth-order valence-corrected chi connectivity index (χ4v) is 1.86. The molecular formula is C15H13ClFNO3. The van der Waals surface area contributed by atoms with Crippen molar-refractivity contribution in [2.45, 2.75) is 6.92 Å². The number of aromatic hydroxyl groups is 1. The zero-order valence-electron chi connectivity index (χ0n) is 11.2. The Kier molecular flexibility index (Phi) is 4.65. The van der Waals surface area contributed by atoms with Crippen molar-refractivity contribution in [3.63, 3.8) is 0 Å². The summed E-state index contributed by atoms with van der Waals surface area (Å²) in [5.41, 5.74) is 0.249. The first-order valence-electron chi connectivity index (χ1n) is 6.23. The highest BCUT2D eigenvalue weighted by Gasteiger charge is 2.12. The van der Waals surface area contributed by atoms with Crippen LogP contribution >= 0.6 is 11.6 Å². The maximum Gasteiger partial charge on any atom is 0.255 e. The summed E-state index contributed by atoms with van der Waals surface area (Å²) < 4.78 is 18.9. The Balaban J connectivity index is 2.16. The van der Waals surface area contributed by atoms with Crippen LogP contribution in [0.15, 0.2) is 36.4 Å². The average Bonchev–Trinajstić information content (AvgIpc) is 2.46. The molecule has 0 saturated heterocycles. The molecule has 0 radical (unpaired) electrons. The van der Waals surface area contributed by atoms with Crippen LogP contribution in [0.1, 0.15) is 17.3 Å². The molecule has 1 amide bonds. The van der Waals surface area contributed by atoms with Gasteiger partial charge in [0, 0.05) is 11.6 Å². The maximum absolute atomic E-state index is 13.6. The standard InChI is InChI=1S/C15H13ClFNO3/c1-2-21-10-5-3-9(4-6-10)15(20)18-13-7-11(16)14(19)8-12(13)17/h3-8,19H,2H2,1H3,(H,18,20). The average molecular weight is 310 g/mol. The fraction of sp³-hybridized carbons (Fsp3) is 0.133. The third-order valence-electron chi connectivity index (χ3n) is 2.71.